The van der Waals surface area contributed by atoms with E-state index in [1.165, 1.54) is 0 Å². The van der Waals surface area contributed by atoms with Gasteiger partial charge in [0.25, 0.3) is 0 Å². The molecule has 0 aliphatic carbocycles. The Morgan fingerprint density at radius 2 is 2.15 bits per heavy atom. The van der Waals surface area contributed by atoms with E-state index >= 15 is 0 Å². The van der Waals surface area contributed by atoms with Crippen LogP contribution in [-0.4, -0.2) is 12.1 Å². The quantitative estimate of drug-likeness (QED) is 0.797. The van der Waals surface area contributed by atoms with Gasteiger partial charge < -0.3 is 10.5 Å². The first-order valence-corrected chi connectivity index (χ1v) is 5.07. The molecule has 0 bridgehead atoms. The molecule has 0 saturated heterocycles. The van der Waals surface area contributed by atoms with Gasteiger partial charge in [0.1, 0.15) is 16.9 Å². The van der Waals surface area contributed by atoms with Crippen LogP contribution in [0.25, 0.3) is 0 Å². The van der Waals surface area contributed by atoms with Crippen molar-refractivity contribution in [3.63, 3.8) is 0 Å². The van der Waals surface area contributed by atoms with Crippen LogP contribution >= 0.6 is 11.3 Å². The Balaban J connectivity index is 2.91. The fourth-order valence-corrected chi connectivity index (χ4v) is 2.27. The summed E-state index contributed by atoms with van der Waals surface area (Å²) < 4.78 is 5.41. The zero-order chi connectivity index (χ0) is 10.1. The summed E-state index contributed by atoms with van der Waals surface area (Å²) >= 11 is 1.55. The fourth-order valence-electron chi connectivity index (χ4n) is 1.25. The van der Waals surface area contributed by atoms with Gasteiger partial charge in [0.2, 0.25) is 0 Å². The van der Waals surface area contributed by atoms with E-state index in [1.807, 2.05) is 5.38 Å². The van der Waals surface area contributed by atoms with Crippen LogP contribution in [0.3, 0.4) is 0 Å². The van der Waals surface area contributed by atoms with Crippen molar-refractivity contribution < 1.29 is 4.74 Å². The van der Waals surface area contributed by atoms with Crippen molar-refractivity contribution in [3.05, 3.63) is 10.4 Å². The molecule has 0 radical (unpaired) electrons. The van der Waals surface area contributed by atoms with E-state index in [1.54, 1.807) is 18.4 Å². The zero-order valence-corrected chi connectivity index (χ0v) is 9.31. The molecule has 1 unspecified atom stereocenters. The molecule has 0 aliphatic rings. The summed E-state index contributed by atoms with van der Waals surface area (Å²) in [6.07, 6.45) is 0.0230. The normalized spacial score (nSPS) is 14.5. The van der Waals surface area contributed by atoms with Crippen LogP contribution < -0.4 is 5.73 Å². The number of nitrogen functional groups attached to an aromatic ring is 1. The SMILES string of the molecule is COC(c1nc(N)cs1)C(C)(C)C. The van der Waals surface area contributed by atoms with Gasteiger partial charge in [0.15, 0.2) is 0 Å². The maximum atomic E-state index is 5.56. The lowest BCUT2D eigenvalue weighted by Crippen LogP contribution is -2.19. The number of ether oxygens (including phenoxy) is 1. The molecule has 1 aromatic heterocycles. The van der Waals surface area contributed by atoms with Crippen molar-refractivity contribution in [2.45, 2.75) is 26.9 Å². The molecule has 0 saturated carbocycles. The van der Waals surface area contributed by atoms with E-state index in [0.717, 1.165) is 5.01 Å². The first kappa shape index (κ1) is 10.5. The van der Waals surface area contributed by atoms with E-state index < -0.39 is 0 Å². The Morgan fingerprint density at radius 3 is 2.46 bits per heavy atom. The molecule has 74 valence electrons. The first-order chi connectivity index (χ1) is 5.95. The molecule has 0 fully saturated rings. The summed E-state index contributed by atoms with van der Waals surface area (Å²) in [4.78, 5) is 4.22. The summed E-state index contributed by atoms with van der Waals surface area (Å²) in [5.74, 6) is 0.575. The molecule has 13 heavy (non-hydrogen) atoms. The Hall–Kier alpha value is -0.610. The molecular formula is C9H16N2OS. The maximum Gasteiger partial charge on any atom is 0.134 e. The highest BCUT2D eigenvalue weighted by Gasteiger charge is 2.28. The number of thiazole rings is 1. The van der Waals surface area contributed by atoms with Gasteiger partial charge in [-0.15, -0.1) is 11.3 Å². The Labute approximate surface area is 82.9 Å². The van der Waals surface area contributed by atoms with Crippen LogP contribution in [0.15, 0.2) is 5.38 Å². The second-order valence-electron chi connectivity index (χ2n) is 4.09. The van der Waals surface area contributed by atoms with Crippen molar-refractivity contribution >= 4 is 17.2 Å². The molecule has 0 aliphatic heterocycles. The second kappa shape index (κ2) is 3.64. The maximum absolute atomic E-state index is 5.56. The average Bonchev–Trinajstić information content (AvgIpc) is 2.34. The predicted octanol–water partition coefficient (Wildman–Crippen LogP) is 2.46. The molecule has 1 aromatic rings. The molecule has 4 heteroatoms. The third-order valence-electron chi connectivity index (χ3n) is 1.79. The van der Waals surface area contributed by atoms with Crippen LogP contribution in [-0.2, 0) is 4.74 Å². The fraction of sp³-hybridized carbons (Fsp3) is 0.667. The topological polar surface area (TPSA) is 48.1 Å². The first-order valence-electron chi connectivity index (χ1n) is 4.19. The van der Waals surface area contributed by atoms with E-state index in [9.17, 15) is 0 Å². The number of aromatic nitrogens is 1. The van der Waals surface area contributed by atoms with Gasteiger partial charge >= 0.3 is 0 Å². The predicted molar refractivity (Wildman–Crippen MR) is 55.7 cm³/mol. The van der Waals surface area contributed by atoms with Crippen LogP contribution in [0.4, 0.5) is 5.82 Å². The lowest BCUT2D eigenvalue weighted by molar-refractivity contribution is 0.0151. The molecule has 0 spiro atoms. The number of nitrogens with zero attached hydrogens (tertiary/aromatic N) is 1. The molecule has 3 nitrogen and oxygen atoms in total. The summed E-state index contributed by atoms with van der Waals surface area (Å²) in [5, 5.41) is 2.79. The van der Waals surface area contributed by atoms with E-state index in [-0.39, 0.29) is 11.5 Å². The minimum Gasteiger partial charge on any atom is -0.383 e. The number of rotatable bonds is 2. The van der Waals surface area contributed by atoms with Crippen LogP contribution in [0.2, 0.25) is 0 Å². The van der Waals surface area contributed by atoms with Crippen molar-refractivity contribution in [1.82, 2.24) is 4.98 Å². The lowest BCUT2D eigenvalue weighted by Gasteiger charge is -2.27. The number of hydrogen-bond acceptors (Lipinski definition) is 4. The van der Waals surface area contributed by atoms with Gasteiger partial charge in [-0.25, -0.2) is 4.98 Å². The van der Waals surface area contributed by atoms with E-state index in [4.69, 9.17) is 10.5 Å². The molecular weight excluding hydrogens is 184 g/mol. The third-order valence-corrected chi connectivity index (χ3v) is 2.69. The van der Waals surface area contributed by atoms with Crippen LogP contribution in [0.5, 0.6) is 0 Å². The molecule has 1 atom stereocenters. The molecule has 2 N–H and O–H groups in total. The molecule has 1 rings (SSSR count). The van der Waals surface area contributed by atoms with Crippen LogP contribution in [0.1, 0.15) is 31.9 Å². The summed E-state index contributed by atoms with van der Waals surface area (Å²) in [6.45, 7) is 6.37. The standard InChI is InChI=1S/C9H16N2OS/c1-9(2,3)7(12-4)8-11-6(10)5-13-8/h5,7H,10H2,1-4H3. The highest BCUT2D eigenvalue weighted by molar-refractivity contribution is 7.10. The monoisotopic (exact) mass is 200 g/mol. The molecule has 0 amide bonds. The number of hydrogen-bond donors (Lipinski definition) is 1. The van der Waals surface area contributed by atoms with Gasteiger partial charge in [-0.2, -0.15) is 0 Å². The zero-order valence-electron chi connectivity index (χ0n) is 8.50. The van der Waals surface area contributed by atoms with E-state index in [2.05, 4.69) is 25.8 Å². The van der Waals surface area contributed by atoms with E-state index in [0.29, 0.717) is 5.82 Å². The van der Waals surface area contributed by atoms with Gasteiger partial charge in [-0.3, -0.25) is 0 Å². The Bertz CT molecular complexity index is 277. The minimum absolute atomic E-state index is 0.0230. The largest absolute Gasteiger partial charge is 0.383 e. The van der Waals surface area contributed by atoms with Gasteiger partial charge in [0.05, 0.1) is 0 Å². The van der Waals surface area contributed by atoms with Crippen molar-refractivity contribution in [2.24, 2.45) is 5.41 Å². The number of nitrogens with two attached hydrogens (primary N) is 1. The van der Waals surface area contributed by atoms with Crippen molar-refractivity contribution in [3.8, 4) is 0 Å². The van der Waals surface area contributed by atoms with Gasteiger partial charge in [0, 0.05) is 12.5 Å². The highest BCUT2D eigenvalue weighted by Crippen LogP contribution is 2.37. The highest BCUT2D eigenvalue weighted by atomic mass is 32.1. The summed E-state index contributed by atoms with van der Waals surface area (Å²) in [6, 6.07) is 0. The second-order valence-corrected chi connectivity index (χ2v) is 4.98. The Morgan fingerprint density at radius 1 is 1.54 bits per heavy atom. The van der Waals surface area contributed by atoms with Crippen molar-refractivity contribution in [1.29, 1.82) is 0 Å². The average molecular weight is 200 g/mol. The smallest absolute Gasteiger partial charge is 0.134 e. The third kappa shape index (κ3) is 2.42. The molecule has 1 heterocycles. The molecule has 0 aromatic carbocycles. The van der Waals surface area contributed by atoms with Gasteiger partial charge in [-0.05, 0) is 5.41 Å². The minimum atomic E-state index is 0.0230. The number of methoxy groups -OCH3 is 1. The Kier molecular flexibility index (Phi) is 2.93. The van der Waals surface area contributed by atoms with Crippen LogP contribution in [0, 0.1) is 5.41 Å². The summed E-state index contributed by atoms with van der Waals surface area (Å²) in [7, 11) is 1.70. The number of anilines is 1. The lowest BCUT2D eigenvalue weighted by atomic mass is 9.89. The van der Waals surface area contributed by atoms with Crippen molar-refractivity contribution in [2.75, 3.05) is 12.8 Å². The van der Waals surface area contributed by atoms with Gasteiger partial charge in [-0.1, -0.05) is 20.8 Å². The summed E-state index contributed by atoms with van der Waals surface area (Å²) in [5.41, 5.74) is 5.61.